The number of oxime groups is 1. The molecule has 1 N–H and O–H groups in total. The van der Waals surface area contributed by atoms with E-state index in [1.807, 2.05) is 6.08 Å². The van der Waals surface area contributed by atoms with Gasteiger partial charge in [-0.05, 0) is 6.42 Å². The van der Waals surface area contributed by atoms with Crippen molar-refractivity contribution in [3.8, 4) is 0 Å². The molecule has 0 aromatic carbocycles. The normalized spacial score (nSPS) is 11.7. The maximum absolute atomic E-state index is 7.96. The van der Waals surface area contributed by atoms with Gasteiger partial charge in [-0.3, -0.25) is 0 Å². The fourth-order valence-corrected chi connectivity index (χ4v) is 0.489. The molecule has 0 amide bonds. The van der Waals surface area contributed by atoms with Crippen molar-refractivity contribution in [1.29, 1.82) is 0 Å². The average Bonchev–Trinajstić information content (AvgIpc) is 1.89. The molecule has 0 aliphatic heterocycles. The van der Waals surface area contributed by atoms with Crippen molar-refractivity contribution in [1.82, 2.24) is 0 Å². The fraction of sp³-hybridized carbons (Fsp3) is 0.571. The van der Waals surface area contributed by atoms with Crippen LogP contribution < -0.4 is 0 Å². The summed E-state index contributed by atoms with van der Waals surface area (Å²) in [6, 6.07) is 0. The topological polar surface area (TPSA) is 32.6 Å². The van der Waals surface area contributed by atoms with Crippen LogP contribution in [0.15, 0.2) is 17.3 Å². The molecule has 0 bridgehead atoms. The third kappa shape index (κ3) is 7.21. The van der Waals surface area contributed by atoms with Crippen LogP contribution in [0.5, 0.6) is 0 Å². The van der Waals surface area contributed by atoms with Gasteiger partial charge in [-0.25, -0.2) is 0 Å². The SMILES string of the molecule is CCCC=CCC=NO. The molecule has 0 unspecified atom stereocenters. The van der Waals surface area contributed by atoms with E-state index in [0.29, 0.717) is 0 Å². The molecule has 52 valence electrons. The van der Waals surface area contributed by atoms with Crippen molar-refractivity contribution < 1.29 is 5.21 Å². The van der Waals surface area contributed by atoms with Crippen LogP contribution in [0.3, 0.4) is 0 Å². The second-order valence-electron chi connectivity index (χ2n) is 1.79. The van der Waals surface area contributed by atoms with Crippen molar-refractivity contribution in [3.63, 3.8) is 0 Å². The van der Waals surface area contributed by atoms with Gasteiger partial charge < -0.3 is 5.21 Å². The lowest BCUT2D eigenvalue weighted by atomic mass is 10.3. The molecule has 0 saturated heterocycles. The second-order valence-corrected chi connectivity index (χ2v) is 1.79. The van der Waals surface area contributed by atoms with Gasteiger partial charge in [0.15, 0.2) is 0 Å². The van der Waals surface area contributed by atoms with E-state index >= 15 is 0 Å². The van der Waals surface area contributed by atoms with Crippen LogP contribution in [-0.2, 0) is 0 Å². The first-order valence-electron chi connectivity index (χ1n) is 3.22. The highest BCUT2D eigenvalue weighted by Gasteiger charge is 1.71. The van der Waals surface area contributed by atoms with E-state index in [2.05, 4.69) is 18.2 Å². The van der Waals surface area contributed by atoms with E-state index in [1.165, 1.54) is 12.6 Å². The Bertz CT molecular complexity index is 97.1. The number of hydrogen-bond donors (Lipinski definition) is 1. The lowest BCUT2D eigenvalue weighted by Crippen LogP contribution is -1.68. The maximum Gasteiger partial charge on any atom is 0.0473 e. The molecule has 0 rings (SSSR count). The third-order valence-electron chi connectivity index (χ3n) is 0.945. The highest BCUT2D eigenvalue weighted by Crippen LogP contribution is 1.88. The predicted molar refractivity (Wildman–Crippen MR) is 38.9 cm³/mol. The van der Waals surface area contributed by atoms with Gasteiger partial charge in [0.1, 0.15) is 0 Å². The van der Waals surface area contributed by atoms with E-state index in [-0.39, 0.29) is 0 Å². The van der Waals surface area contributed by atoms with Crippen LogP contribution in [0.25, 0.3) is 0 Å². The van der Waals surface area contributed by atoms with E-state index in [0.717, 1.165) is 12.8 Å². The average molecular weight is 127 g/mol. The number of hydrogen-bond acceptors (Lipinski definition) is 2. The van der Waals surface area contributed by atoms with Gasteiger partial charge >= 0.3 is 0 Å². The number of unbranched alkanes of at least 4 members (excludes halogenated alkanes) is 1. The number of rotatable bonds is 4. The fourth-order valence-electron chi connectivity index (χ4n) is 0.489. The van der Waals surface area contributed by atoms with Gasteiger partial charge in [-0.2, -0.15) is 0 Å². The van der Waals surface area contributed by atoms with E-state index < -0.39 is 0 Å². The third-order valence-corrected chi connectivity index (χ3v) is 0.945. The van der Waals surface area contributed by atoms with Gasteiger partial charge in [0, 0.05) is 12.6 Å². The molecule has 2 nitrogen and oxygen atoms in total. The Hall–Kier alpha value is -0.790. The summed E-state index contributed by atoms with van der Waals surface area (Å²) in [6.07, 6.45) is 8.56. The van der Waals surface area contributed by atoms with Crippen LogP contribution in [0.1, 0.15) is 26.2 Å². The molecule has 0 spiro atoms. The van der Waals surface area contributed by atoms with E-state index in [9.17, 15) is 0 Å². The lowest BCUT2D eigenvalue weighted by molar-refractivity contribution is 0.321. The molecular weight excluding hydrogens is 114 g/mol. The molecule has 0 heterocycles. The zero-order chi connectivity index (χ0) is 6.95. The van der Waals surface area contributed by atoms with Crippen LogP contribution in [-0.4, -0.2) is 11.4 Å². The summed E-state index contributed by atoms with van der Waals surface area (Å²) in [5.41, 5.74) is 0. The van der Waals surface area contributed by atoms with Crippen molar-refractivity contribution in [3.05, 3.63) is 12.2 Å². The van der Waals surface area contributed by atoms with Crippen molar-refractivity contribution >= 4 is 6.21 Å². The highest BCUT2D eigenvalue weighted by atomic mass is 16.4. The van der Waals surface area contributed by atoms with E-state index in [4.69, 9.17) is 5.21 Å². The maximum atomic E-state index is 7.96. The summed E-state index contributed by atoms with van der Waals surface area (Å²) in [4.78, 5) is 0. The first-order valence-corrected chi connectivity index (χ1v) is 3.22. The smallest absolute Gasteiger partial charge is 0.0473 e. The minimum absolute atomic E-state index is 0.733. The minimum atomic E-state index is 0.733. The zero-order valence-electron chi connectivity index (χ0n) is 5.75. The summed E-state index contributed by atoms with van der Waals surface area (Å²) >= 11 is 0. The zero-order valence-corrected chi connectivity index (χ0v) is 5.75. The quantitative estimate of drug-likeness (QED) is 0.267. The van der Waals surface area contributed by atoms with Gasteiger partial charge in [0.2, 0.25) is 0 Å². The van der Waals surface area contributed by atoms with Crippen molar-refractivity contribution in [2.45, 2.75) is 26.2 Å². The van der Waals surface area contributed by atoms with Crippen molar-refractivity contribution in [2.24, 2.45) is 5.16 Å². The Morgan fingerprint density at radius 2 is 2.22 bits per heavy atom. The van der Waals surface area contributed by atoms with Gasteiger partial charge in [-0.15, -0.1) is 5.16 Å². The molecule has 2 heteroatoms. The van der Waals surface area contributed by atoms with Crippen LogP contribution in [0.2, 0.25) is 0 Å². The molecule has 0 aromatic heterocycles. The number of allylic oxidation sites excluding steroid dienone is 2. The van der Waals surface area contributed by atoms with Crippen LogP contribution >= 0.6 is 0 Å². The van der Waals surface area contributed by atoms with Crippen LogP contribution in [0, 0.1) is 0 Å². The summed E-state index contributed by atoms with van der Waals surface area (Å²) < 4.78 is 0. The van der Waals surface area contributed by atoms with E-state index in [1.54, 1.807) is 0 Å². The predicted octanol–water partition coefficient (Wildman–Crippen LogP) is 2.19. The Morgan fingerprint density at radius 1 is 1.44 bits per heavy atom. The molecule has 0 saturated carbocycles. The molecule has 0 aromatic rings. The summed E-state index contributed by atoms with van der Waals surface area (Å²) in [7, 11) is 0. The standard InChI is InChI=1S/C7H13NO/c1-2-3-4-5-6-7-8-9/h4-5,7,9H,2-3,6H2,1H3. The van der Waals surface area contributed by atoms with Crippen LogP contribution in [0.4, 0.5) is 0 Å². The molecule has 0 atom stereocenters. The highest BCUT2D eigenvalue weighted by molar-refractivity contribution is 5.58. The molecular formula is C7H13NO. The van der Waals surface area contributed by atoms with Crippen molar-refractivity contribution in [2.75, 3.05) is 0 Å². The Morgan fingerprint density at radius 3 is 2.78 bits per heavy atom. The minimum Gasteiger partial charge on any atom is -0.411 e. The lowest BCUT2D eigenvalue weighted by Gasteiger charge is -1.81. The van der Waals surface area contributed by atoms with Gasteiger partial charge in [0.25, 0.3) is 0 Å². The summed E-state index contributed by atoms with van der Waals surface area (Å²) in [5, 5.41) is 10.8. The monoisotopic (exact) mass is 127 g/mol. The summed E-state index contributed by atoms with van der Waals surface area (Å²) in [5.74, 6) is 0. The Labute approximate surface area is 55.9 Å². The number of nitrogens with zero attached hydrogens (tertiary/aromatic N) is 1. The first-order chi connectivity index (χ1) is 4.41. The molecule has 0 aliphatic rings. The Kier molecular flexibility index (Phi) is 6.58. The Balaban J connectivity index is 3.04. The summed E-state index contributed by atoms with van der Waals surface area (Å²) in [6.45, 7) is 2.13. The molecule has 0 fully saturated rings. The second kappa shape index (κ2) is 7.21. The molecule has 0 radical (unpaired) electrons. The van der Waals surface area contributed by atoms with Gasteiger partial charge in [0.05, 0.1) is 0 Å². The first kappa shape index (κ1) is 8.21. The van der Waals surface area contributed by atoms with Gasteiger partial charge in [-0.1, -0.05) is 25.5 Å². The molecule has 9 heavy (non-hydrogen) atoms. The largest absolute Gasteiger partial charge is 0.411 e. The molecule has 0 aliphatic carbocycles.